The second-order valence-corrected chi connectivity index (χ2v) is 5.58. The van der Waals surface area contributed by atoms with Crippen LogP contribution < -0.4 is 15.5 Å². The van der Waals surface area contributed by atoms with E-state index in [-0.39, 0.29) is 18.0 Å². The van der Waals surface area contributed by atoms with E-state index in [4.69, 9.17) is 0 Å². The van der Waals surface area contributed by atoms with E-state index < -0.39 is 0 Å². The van der Waals surface area contributed by atoms with Crippen molar-refractivity contribution in [3.8, 4) is 0 Å². The normalized spacial score (nSPS) is 17.2. The summed E-state index contributed by atoms with van der Waals surface area (Å²) in [6.45, 7) is 2.48. The van der Waals surface area contributed by atoms with Crippen LogP contribution in [0.4, 0.5) is 16.2 Å². The van der Waals surface area contributed by atoms with Gasteiger partial charge in [-0.1, -0.05) is 17.7 Å². The van der Waals surface area contributed by atoms with Crippen LogP contribution in [-0.4, -0.2) is 29.5 Å². The SMILES string of the molecule is Cc1ccc(N2C[C@@H](NC(=O)Nc3cccnc3)CC2=O)cc1. The fourth-order valence-corrected chi connectivity index (χ4v) is 2.57. The number of urea groups is 1. The van der Waals surface area contributed by atoms with Gasteiger partial charge in [-0.05, 0) is 31.2 Å². The van der Waals surface area contributed by atoms with E-state index in [1.54, 1.807) is 29.4 Å². The molecule has 23 heavy (non-hydrogen) atoms. The lowest BCUT2D eigenvalue weighted by Gasteiger charge is -2.17. The zero-order valence-electron chi connectivity index (χ0n) is 12.8. The van der Waals surface area contributed by atoms with Crippen molar-refractivity contribution in [2.45, 2.75) is 19.4 Å². The zero-order valence-corrected chi connectivity index (χ0v) is 12.8. The maximum absolute atomic E-state index is 12.2. The topological polar surface area (TPSA) is 74.3 Å². The van der Waals surface area contributed by atoms with Crippen LogP contribution in [0.1, 0.15) is 12.0 Å². The van der Waals surface area contributed by atoms with Crippen molar-refractivity contribution < 1.29 is 9.59 Å². The van der Waals surface area contributed by atoms with Gasteiger partial charge in [-0.25, -0.2) is 4.79 Å². The molecule has 3 amide bonds. The number of anilines is 2. The molecule has 0 saturated carbocycles. The van der Waals surface area contributed by atoms with Crippen molar-refractivity contribution in [2.24, 2.45) is 0 Å². The maximum Gasteiger partial charge on any atom is 0.319 e. The van der Waals surface area contributed by atoms with Crippen LogP contribution in [0.25, 0.3) is 0 Å². The predicted octanol–water partition coefficient (Wildman–Crippen LogP) is 2.32. The van der Waals surface area contributed by atoms with Gasteiger partial charge in [0.2, 0.25) is 5.91 Å². The number of rotatable bonds is 3. The summed E-state index contributed by atoms with van der Waals surface area (Å²) >= 11 is 0. The quantitative estimate of drug-likeness (QED) is 0.913. The first-order chi connectivity index (χ1) is 11.1. The molecular weight excluding hydrogens is 292 g/mol. The number of hydrogen-bond donors (Lipinski definition) is 2. The minimum Gasteiger partial charge on any atom is -0.333 e. The molecule has 118 valence electrons. The number of pyridine rings is 1. The third-order valence-corrected chi connectivity index (χ3v) is 3.73. The predicted molar refractivity (Wildman–Crippen MR) is 88.3 cm³/mol. The first kappa shape index (κ1) is 15.0. The number of hydrogen-bond acceptors (Lipinski definition) is 3. The Labute approximate surface area is 134 Å². The molecule has 0 bridgehead atoms. The smallest absolute Gasteiger partial charge is 0.319 e. The second-order valence-electron chi connectivity index (χ2n) is 5.58. The fraction of sp³-hybridized carbons (Fsp3) is 0.235. The monoisotopic (exact) mass is 310 g/mol. The maximum atomic E-state index is 12.2. The van der Waals surface area contributed by atoms with Crippen molar-refractivity contribution in [1.82, 2.24) is 10.3 Å². The summed E-state index contributed by atoms with van der Waals surface area (Å²) in [5.74, 6) is 0.0144. The Morgan fingerprint density at radius 3 is 2.74 bits per heavy atom. The first-order valence-electron chi connectivity index (χ1n) is 7.46. The van der Waals surface area contributed by atoms with Crippen molar-refractivity contribution >= 4 is 23.3 Å². The molecular formula is C17H18N4O2. The average molecular weight is 310 g/mol. The molecule has 2 aromatic rings. The summed E-state index contributed by atoms with van der Waals surface area (Å²) in [5, 5.41) is 5.53. The van der Waals surface area contributed by atoms with Crippen LogP contribution in [0.3, 0.4) is 0 Å². The van der Waals surface area contributed by atoms with Gasteiger partial charge in [-0.2, -0.15) is 0 Å². The fourth-order valence-electron chi connectivity index (χ4n) is 2.57. The summed E-state index contributed by atoms with van der Waals surface area (Å²) in [4.78, 5) is 29.8. The van der Waals surface area contributed by atoms with Gasteiger partial charge < -0.3 is 15.5 Å². The molecule has 3 rings (SSSR count). The van der Waals surface area contributed by atoms with Crippen LogP contribution in [0, 0.1) is 6.92 Å². The molecule has 6 nitrogen and oxygen atoms in total. The molecule has 0 spiro atoms. The van der Waals surface area contributed by atoms with Crippen molar-refractivity contribution in [3.05, 3.63) is 54.4 Å². The Balaban J connectivity index is 1.59. The highest BCUT2D eigenvalue weighted by atomic mass is 16.2. The molecule has 1 aromatic heterocycles. The van der Waals surface area contributed by atoms with Crippen LogP contribution in [-0.2, 0) is 4.79 Å². The summed E-state index contributed by atoms with van der Waals surface area (Å²) < 4.78 is 0. The first-order valence-corrected chi connectivity index (χ1v) is 7.46. The molecule has 1 aromatic carbocycles. The second kappa shape index (κ2) is 6.48. The third-order valence-electron chi connectivity index (χ3n) is 3.73. The minimum absolute atomic E-state index is 0.0144. The van der Waals surface area contributed by atoms with Crippen LogP contribution in [0.5, 0.6) is 0 Å². The number of carbonyl (C=O) groups is 2. The molecule has 1 saturated heterocycles. The zero-order chi connectivity index (χ0) is 16.2. The number of aromatic nitrogens is 1. The Bertz CT molecular complexity index is 700. The summed E-state index contributed by atoms with van der Waals surface area (Å²) in [6, 6.07) is 10.7. The molecule has 1 aliphatic rings. The van der Waals surface area contributed by atoms with Crippen molar-refractivity contribution in [2.75, 3.05) is 16.8 Å². The number of carbonyl (C=O) groups excluding carboxylic acids is 2. The lowest BCUT2D eigenvalue weighted by molar-refractivity contribution is -0.117. The van der Waals surface area contributed by atoms with Gasteiger partial charge in [-0.3, -0.25) is 9.78 Å². The number of aryl methyl sites for hydroxylation is 1. The van der Waals surface area contributed by atoms with Gasteiger partial charge in [0.15, 0.2) is 0 Å². The largest absolute Gasteiger partial charge is 0.333 e. The summed E-state index contributed by atoms with van der Waals surface area (Å²) in [5.41, 5.74) is 2.62. The van der Waals surface area contributed by atoms with Gasteiger partial charge in [0, 0.05) is 24.8 Å². The van der Waals surface area contributed by atoms with Crippen molar-refractivity contribution in [3.63, 3.8) is 0 Å². The molecule has 0 unspecified atom stereocenters. The standard InChI is InChI=1S/C17H18N4O2/c1-12-4-6-15(7-5-12)21-11-14(9-16(21)22)20-17(23)19-13-3-2-8-18-10-13/h2-8,10,14H,9,11H2,1H3,(H2,19,20,23)/t14-/m0/s1. The Morgan fingerprint density at radius 2 is 2.04 bits per heavy atom. The molecule has 6 heteroatoms. The number of nitrogens with zero attached hydrogens (tertiary/aromatic N) is 2. The number of amides is 3. The Hall–Kier alpha value is -2.89. The van der Waals surface area contributed by atoms with E-state index in [0.29, 0.717) is 18.7 Å². The van der Waals surface area contributed by atoms with Crippen molar-refractivity contribution in [1.29, 1.82) is 0 Å². The highest BCUT2D eigenvalue weighted by Gasteiger charge is 2.31. The average Bonchev–Trinajstić information content (AvgIpc) is 2.89. The molecule has 2 heterocycles. The summed E-state index contributed by atoms with van der Waals surface area (Å²) in [6.07, 6.45) is 3.50. The molecule has 2 N–H and O–H groups in total. The highest BCUT2D eigenvalue weighted by Crippen LogP contribution is 2.22. The van der Waals surface area contributed by atoms with E-state index in [9.17, 15) is 9.59 Å². The lowest BCUT2D eigenvalue weighted by atomic mass is 10.2. The van der Waals surface area contributed by atoms with Gasteiger partial charge in [-0.15, -0.1) is 0 Å². The van der Waals surface area contributed by atoms with Gasteiger partial charge in [0.25, 0.3) is 0 Å². The highest BCUT2D eigenvalue weighted by molar-refractivity contribution is 5.97. The third kappa shape index (κ3) is 3.66. The molecule has 1 fully saturated rings. The van der Waals surface area contributed by atoms with E-state index in [1.807, 2.05) is 31.2 Å². The molecule has 0 radical (unpaired) electrons. The summed E-state index contributed by atoms with van der Waals surface area (Å²) in [7, 11) is 0. The van der Waals surface area contributed by atoms with Gasteiger partial charge in [0.05, 0.1) is 17.9 Å². The van der Waals surface area contributed by atoms with Crippen LogP contribution >= 0.6 is 0 Å². The van der Waals surface area contributed by atoms with Gasteiger partial charge in [0.1, 0.15) is 0 Å². The van der Waals surface area contributed by atoms with Gasteiger partial charge >= 0.3 is 6.03 Å². The molecule has 0 aliphatic carbocycles. The molecule has 1 aliphatic heterocycles. The van der Waals surface area contributed by atoms with E-state index in [0.717, 1.165) is 11.3 Å². The molecule has 1 atom stereocenters. The van der Waals surface area contributed by atoms with Crippen LogP contribution in [0.2, 0.25) is 0 Å². The minimum atomic E-state index is -0.332. The Morgan fingerprint density at radius 1 is 1.26 bits per heavy atom. The number of nitrogens with one attached hydrogen (secondary N) is 2. The van der Waals surface area contributed by atoms with E-state index >= 15 is 0 Å². The van der Waals surface area contributed by atoms with Crippen LogP contribution in [0.15, 0.2) is 48.8 Å². The van der Waals surface area contributed by atoms with E-state index in [1.165, 1.54) is 0 Å². The van der Waals surface area contributed by atoms with E-state index in [2.05, 4.69) is 15.6 Å². The Kier molecular flexibility index (Phi) is 4.23. The number of benzene rings is 1. The lowest BCUT2D eigenvalue weighted by Crippen LogP contribution is -2.39.